The quantitative estimate of drug-likeness (QED) is 0.590. The van der Waals surface area contributed by atoms with Gasteiger partial charge in [0.25, 0.3) is 5.91 Å². The molecule has 0 bridgehead atoms. The Hall–Kier alpha value is -2.90. The van der Waals surface area contributed by atoms with Crippen molar-refractivity contribution >= 4 is 17.2 Å². The Bertz CT molecular complexity index is 1040. The second-order valence-electron chi connectivity index (χ2n) is 7.46. The molecule has 0 radical (unpaired) electrons. The van der Waals surface area contributed by atoms with E-state index < -0.39 is 0 Å². The predicted molar refractivity (Wildman–Crippen MR) is 119 cm³/mol. The number of nitrogens with one attached hydrogen (secondary N) is 1. The number of nitrogens with zero attached hydrogens (tertiary/aromatic N) is 1. The molecular formula is C24H25FN2O3S. The number of rotatable bonds is 7. The van der Waals surface area contributed by atoms with Crippen molar-refractivity contribution in [1.29, 1.82) is 0 Å². The largest absolute Gasteiger partial charge is 0.493 e. The van der Waals surface area contributed by atoms with Gasteiger partial charge in [0.1, 0.15) is 5.82 Å². The van der Waals surface area contributed by atoms with Gasteiger partial charge in [0.05, 0.1) is 25.1 Å². The van der Waals surface area contributed by atoms with Gasteiger partial charge in [0, 0.05) is 19.6 Å². The molecule has 1 aliphatic heterocycles. The Morgan fingerprint density at radius 3 is 2.58 bits per heavy atom. The van der Waals surface area contributed by atoms with Gasteiger partial charge in [0.2, 0.25) is 0 Å². The summed E-state index contributed by atoms with van der Waals surface area (Å²) in [6.45, 7) is 1.94. The fraction of sp³-hybridized carbons (Fsp3) is 0.292. The normalized spacial score (nSPS) is 15.9. The number of halogens is 1. The van der Waals surface area contributed by atoms with Crippen LogP contribution in [0.2, 0.25) is 0 Å². The number of ether oxygens (including phenoxy) is 2. The van der Waals surface area contributed by atoms with Gasteiger partial charge in [-0.25, -0.2) is 4.39 Å². The molecule has 7 heteroatoms. The van der Waals surface area contributed by atoms with E-state index in [9.17, 15) is 9.18 Å². The van der Waals surface area contributed by atoms with Gasteiger partial charge in [0.15, 0.2) is 11.5 Å². The SMILES string of the molecule is COc1cc2c(cc1OC)[C@H](CNC(=O)c1cccs1)N(Cc1ccc(F)cc1)CC2. The summed E-state index contributed by atoms with van der Waals surface area (Å²) in [4.78, 5) is 15.6. The van der Waals surface area contributed by atoms with Crippen molar-refractivity contribution in [1.82, 2.24) is 10.2 Å². The van der Waals surface area contributed by atoms with Gasteiger partial charge in [-0.2, -0.15) is 0 Å². The lowest BCUT2D eigenvalue weighted by Crippen LogP contribution is -2.41. The molecule has 0 spiro atoms. The van der Waals surface area contributed by atoms with Gasteiger partial charge in [-0.1, -0.05) is 18.2 Å². The summed E-state index contributed by atoms with van der Waals surface area (Å²) in [5, 5.41) is 4.98. The third-order valence-electron chi connectivity index (χ3n) is 5.61. The van der Waals surface area contributed by atoms with E-state index in [4.69, 9.17) is 9.47 Å². The van der Waals surface area contributed by atoms with Crippen molar-refractivity contribution in [2.45, 2.75) is 19.0 Å². The van der Waals surface area contributed by atoms with Crippen LogP contribution in [0.15, 0.2) is 53.9 Å². The van der Waals surface area contributed by atoms with Crippen molar-refractivity contribution in [3.05, 3.63) is 81.3 Å². The number of carbonyl (C=O) groups is 1. The molecule has 1 aliphatic rings. The van der Waals surface area contributed by atoms with E-state index >= 15 is 0 Å². The van der Waals surface area contributed by atoms with Crippen molar-refractivity contribution in [2.75, 3.05) is 27.3 Å². The Morgan fingerprint density at radius 2 is 1.90 bits per heavy atom. The number of carbonyl (C=O) groups excluding carboxylic acids is 1. The molecule has 5 nitrogen and oxygen atoms in total. The van der Waals surface area contributed by atoms with Crippen molar-refractivity contribution in [3.8, 4) is 11.5 Å². The van der Waals surface area contributed by atoms with E-state index in [1.807, 2.05) is 29.6 Å². The molecule has 0 unspecified atom stereocenters. The second kappa shape index (κ2) is 9.49. The van der Waals surface area contributed by atoms with Crippen molar-refractivity contribution < 1.29 is 18.7 Å². The van der Waals surface area contributed by atoms with Gasteiger partial charge in [-0.05, 0) is 58.8 Å². The maximum atomic E-state index is 13.4. The van der Waals surface area contributed by atoms with Gasteiger partial charge in [-0.15, -0.1) is 11.3 Å². The molecule has 4 rings (SSSR count). The zero-order valence-corrected chi connectivity index (χ0v) is 18.4. The summed E-state index contributed by atoms with van der Waals surface area (Å²) in [6.07, 6.45) is 0.853. The van der Waals surface area contributed by atoms with Gasteiger partial charge < -0.3 is 14.8 Å². The summed E-state index contributed by atoms with van der Waals surface area (Å²) < 4.78 is 24.4. The van der Waals surface area contributed by atoms with Crippen LogP contribution in [0.3, 0.4) is 0 Å². The highest BCUT2D eigenvalue weighted by atomic mass is 32.1. The fourth-order valence-corrected chi connectivity index (χ4v) is 4.66. The lowest BCUT2D eigenvalue weighted by molar-refractivity contribution is 0.0930. The molecule has 0 aliphatic carbocycles. The van der Waals surface area contributed by atoms with Crippen LogP contribution in [-0.2, 0) is 13.0 Å². The Balaban J connectivity index is 1.63. The van der Waals surface area contributed by atoms with Crippen LogP contribution in [0.4, 0.5) is 4.39 Å². The number of fused-ring (bicyclic) bond motifs is 1. The molecule has 0 fully saturated rings. The zero-order valence-electron chi connectivity index (χ0n) is 17.6. The summed E-state index contributed by atoms with van der Waals surface area (Å²) in [6, 6.07) is 14.2. The molecule has 0 saturated carbocycles. The minimum atomic E-state index is -0.246. The van der Waals surface area contributed by atoms with Crippen LogP contribution in [0.25, 0.3) is 0 Å². The van der Waals surface area contributed by atoms with Gasteiger partial charge >= 0.3 is 0 Å². The highest BCUT2D eigenvalue weighted by Gasteiger charge is 2.29. The first-order chi connectivity index (χ1) is 15.1. The highest BCUT2D eigenvalue weighted by Crippen LogP contribution is 2.38. The summed E-state index contributed by atoms with van der Waals surface area (Å²) in [7, 11) is 3.25. The summed E-state index contributed by atoms with van der Waals surface area (Å²) in [5.74, 6) is 1.04. The van der Waals surface area contributed by atoms with E-state index in [2.05, 4.69) is 10.2 Å². The Kier molecular flexibility index (Phi) is 6.53. The van der Waals surface area contributed by atoms with E-state index in [1.54, 1.807) is 26.4 Å². The maximum absolute atomic E-state index is 13.4. The monoisotopic (exact) mass is 440 g/mol. The minimum Gasteiger partial charge on any atom is -0.493 e. The van der Waals surface area contributed by atoms with Crippen LogP contribution in [0.5, 0.6) is 11.5 Å². The first-order valence-corrected chi connectivity index (χ1v) is 11.0. The van der Waals surface area contributed by atoms with E-state index in [-0.39, 0.29) is 17.8 Å². The smallest absolute Gasteiger partial charge is 0.261 e. The summed E-state index contributed by atoms with van der Waals surface area (Å²) >= 11 is 1.42. The minimum absolute atomic E-state index is 0.0440. The van der Waals surface area contributed by atoms with Crippen molar-refractivity contribution in [3.63, 3.8) is 0 Å². The number of methoxy groups -OCH3 is 2. The third kappa shape index (κ3) is 4.73. The second-order valence-corrected chi connectivity index (χ2v) is 8.40. The zero-order chi connectivity index (χ0) is 21.8. The number of amides is 1. The molecule has 1 atom stereocenters. The van der Waals surface area contributed by atoms with E-state index in [0.717, 1.165) is 24.1 Å². The number of hydrogen-bond acceptors (Lipinski definition) is 5. The highest BCUT2D eigenvalue weighted by molar-refractivity contribution is 7.12. The third-order valence-corrected chi connectivity index (χ3v) is 6.48. The average molecular weight is 441 g/mol. The lowest BCUT2D eigenvalue weighted by Gasteiger charge is -2.38. The van der Waals surface area contributed by atoms with Crippen LogP contribution < -0.4 is 14.8 Å². The van der Waals surface area contributed by atoms with E-state index in [0.29, 0.717) is 29.5 Å². The molecule has 1 aromatic heterocycles. The number of benzene rings is 2. The lowest BCUT2D eigenvalue weighted by atomic mass is 9.91. The molecule has 1 N–H and O–H groups in total. The maximum Gasteiger partial charge on any atom is 0.261 e. The predicted octanol–water partition coefficient (Wildman–Crippen LogP) is 4.43. The van der Waals surface area contributed by atoms with Gasteiger partial charge in [-0.3, -0.25) is 9.69 Å². The van der Waals surface area contributed by atoms with Crippen LogP contribution in [-0.4, -0.2) is 38.1 Å². The first-order valence-electron chi connectivity index (χ1n) is 10.1. The molecule has 162 valence electrons. The Morgan fingerprint density at radius 1 is 1.16 bits per heavy atom. The average Bonchev–Trinajstić information content (AvgIpc) is 3.33. The van der Waals surface area contributed by atoms with Crippen LogP contribution in [0.1, 0.15) is 32.4 Å². The molecule has 3 aromatic rings. The molecule has 31 heavy (non-hydrogen) atoms. The number of thiophene rings is 1. The number of hydrogen-bond donors (Lipinski definition) is 1. The van der Waals surface area contributed by atoms with E-state index in [1.165, 1.54) is 29.0 Å². The Labute approximate surface area is 185 Å². The molecule has 1 amide bonds. The van der Waals surface area contributed by atoms with Crippen molar-refractivity contribution in [2.24, 2.45) is 0 Å². The first kappa shape index (κ1) is 21.3. The standard InChI is InChI=1S/C24H25FN2O3S/c1-29-21-12-17-9-10-27(15-16-5-7-18(25)8-6-16)20(19(17)13-22(21)30-2)14-26-24(28)23-4-3-11-31-23/h3-8,11-13,20H,9-10,14-15H2,1-2H3,(H,26,28)/t20-/m0/s1. The summed E-state index contributed by atoms with van der Waals surface area (Å²) in [5.41, 5.74) is 3.32. The molecule has 2 heterocycles. The van der Waals surface area contributed by atoms with Crippen LogP contribution >= 0.6 is 11.3 Å². The molecule has 0 saturated heterocycles. The molecular weight excluding hydrogens is 415 g/mol. The fourth-order valence-electron chi connectivity index (χ4n) is 4.02. The van der Waals surface area contributed by atoms with Crippen LogP contribution in [0, 0.1) is 5.82 Å². The topological polar surface area (TPSA) is 50.8 Å². The molecule has 2 aromatic carbocycles.